The predicted octanol–water partition coefficient (Wildman–Crippen LogP) is 4.78. The smallest absolute Gasteiger partial charge is 0.128 e. The monoisotopic (exact) mass is 406 g/mol. The third-order valence-electron chi connectivity index (χ3n) is 3.47. The maximum Gasteiger partial charge on any atom is 0.128 e. The highest BCUT2D eigenvalue weighted by molar-refractivity contribution is 14.1. The van der Waals surface area contributed by atoms with Gasteiger partial charge in [0.15, 0.2) is 0 Å². The molecular weight excluding hydrogens is 387 g/mol. The minimum absolute atomic E-state index is 0.127. The first-order chi connectivity index (χ1) is 9.45. The van der Waals surface area contributed by atoms with Gasteiger partial charge in [-0.1, -0.05) is 13.8 Å². The van der Waals surface area contributed by atoms with Crippen molar-refractivity contribution in [1.82, 2.24) is 9.55 Å². The Balaban J connectivity index is 2.66. The zero-order valence-electron chi connectivity index (χ0n) is 12.2. The summed E-state index contributed by atoms with van der Waals surface area (Å²) in [6.45, 7) is 7.02. The van der Waals surface area contributed by atoms with Crippen molar-refractivity contribution in [3.63, 3.8) is 0 Å². The standard InChI is InChI=1S/C15H20ClIN2O/c1-9(2)14(8-20-4)19-13-6-5-11(17)7-12(13)18-15(19)10(3)16/h5-7,9-10,14H,8H2,1-4H3. The maximum atomic E-state index is 6.34. The summed E-state index contributed by atoms with van der Waals surface area (Å²) in [5.74, 6) is 1.36. The van der Waals surface area contributed by atoms with Crippen LogP contribution in [0.3, 0.4) is 0 Å². The molecule has 1 aromatic heterocycles. The Hall–Kier alpha value is -0.330. The molecule has 0 radical (unpaired) electrons. The van der Waals surface area contributed by atoms with Crippen molar-refractivity contribution in [3.8, 4) is 0 Å². The molecule has 0 spiro atoms. The largest absolute Gasteiger partial charge is 0.383 e. The highest BCUT2D eigenvalue weighted by Gasteiger charge is 2.24. The van der Waals surface area contributed by atoms with Crippen molar-refractivity contribution in [2.24, 2.45) is 5.92 Å². The van der Waals surface area contributed by atoms with Crippen molar-refractivity contribution >= 4 is 45.2 Å². The molecule has 20 heavy (non-hydrogen) atoms. The molecule has 0 saturated carbocycles. The van der Waals surface area contributed by atoms with Crippen LogP contribution in [0.25, 0.3) is 11.0 Å². The molecule has 0 fully saturated rings. The van der Waals surface area contributed by atoms with Crippen molar-refractivity contribution < 1.29 is 4.74 Å². The van der Waals surface area contributed by atoms with Gasteiger partial charge in [0.2, 0.25) is 0 Å². The fourth-order valence-corrected chi connectivity index (χ4v) is 3.08. The molecule has 0 N–H and O–H groups in total. The average molecular weight is 407 g/mol. The molecule has 3 nitrogen and oxygen atoms in total. The number of imidazole rings is 1. The van der Waals surface area contributed by atoms with E-state index in [0.717, 1.165) is 16.9 Å². The topological polar surface area (TPSA) is 27.1 Å². The van der Waals surface area contributed by atoms with E-state index in [1.807, 2.05) is 6.92 Å². The van der Waals surface area contributed by atoms with E-state index in [1.165, 1.54) is 3.57 Å². The Kier molecular flexibility index (Phi) is 5.31. The van der Waals surface area contributed by atoms with Crippen LogP contribution >= 0.6 is 34.2 Å². The third kappa shape index (κ3) is 3.12. The number of nitrogens with zero attached hydrogens (tertiary/aromatic N) is 2. The molecule has 0 aliphatic heterocycles. The second-order valence-electron chi connectivity index (χ2n) is 5.36. The van der Waals surface area contributed by atoms with Crippen molar-refractivity contribution in [3.05, 3.63) is 27.6 Å². The highest BCUT2D eigenvalue weighted by atomic mass is 127. The van der Waals surface area contributed by atoms with Gasteiger partial charge in [0.1, 0.15) is 5.82 Å². The van der Waals surface area contributed by atoms with Gasteiger partial charge in [-0.3, -0.25) is 0 Å². The number of hydrogen-bond donors (Lipinski definition) is 0. The summed E-state index contributed by atoms with van der Waals surface area (Å²) >= 11 is 8.65. The molecule has 0 aliphatic carbocycles. The van der Waals surface area contributed by atoms with E-state index >= 15 is 0 Å². The summed E-state index contributed by atoms with van der Waals surface area (Å²) in [6.07, 6.45) is 0. The molecule has 2 aromatic rings. The van der Waals surface area contributed by atoms with Crippen LogP contribution in [0.2, 0.25) is 0 Å². The molecule has 0 amide bonds. The zero-order chi connectivity index (χ0) is 14.9. The van der Waals surface area contributed by atoms with Gasteiger partial charge in [-0.2, -0.15) is 0 Å². The first-order valence-electron chi connectivity index (χ1n) is 6.76. The Morgan fingerprint density at radius 2 is 2.05 bits per heavy atom. The van der Waals surface area contributed by atoms with E-state index in [-0.39, 0.29) is 11.4 Å². The van der Waals surface area contributed by atoms with Gasteiger partial charge < -0.3 is 9.30 Å². The normalized spacial score (nSPS) is 14.9. The average Bonchev–Trinajstić information content (AvgIpc) is 2.73. The quantitative estimate of drug-likeness (QED) is 0.527. The molecular formula is C15H20ClIN2O. The molecule has 5 heteroatoms. The van der Waals surface area contributed by atoms with Crippen LogP contribution in [-0.2, 0) is 4.74 Å². The Morgan fingerprint density at radius 1 is 1.35 bits per heavy atom. The predicted molar refractivity (Wildman–Crippen MR) is 92.5 cm³/mol. The van der Waals surface area contributed by atoms with E-state index in [9.17, 15) is 0 Å². The molecule has 0 aliphatic rings. The number of ether oxygens (including phenoxy) is 1. The maximum absolute atomic E-state index is 6.34. The van der Waals surface area contributed by atoms with Gasteiger partial charge in [0, 0.05) is 10.7 Å². The van der Waals surface area contributed by atoms with Gasteiger partial charge in [0.25, 0.3) is 0 Å². The second-order valence-corrected chi connectivity index (χ2v) is 7.26. The minimum Gasteiger partial charge on any atom is -0.383 e. The molecule has 0 bridgehead atoms. The van der Waals surface area contributed by atoms with Gasteiger partial charge in [-0.15, -0.1) is 11.6 Å². The summed E-state index contributed by atoms with van der Waals surface area (Å²) < 4.78 is 8.83. The van der Waals surface area contributed by atoms with Crippen LogP contribution in [0.15, 0.2) is 18.2 Å². The van der Waals surface area contributed by atoms with E-state index in [1.54, 1.807) is 7.11 Å². The Bertz CT molecular complexity index is 595. The Morgan fingerprint density at radius 3 is 2.60 bits per heavy atom. The van der Waals surface area contributed by atoms with E-state index in [4.69, 9.17) is 21.3 Å². The van der Waals surface area contributed by atoms with E-state index in [2.05, 4.69) is 59.2 Å². The van der Waals surface area contributed by atoms with Crippen LogP contribution in [0.4, 0.5) is 0 Å². The fourth-order valence-electron chi connectivity index (χ4n) is 2.46. The number of hydrogen-bond acceptors (Lipinski definition) is 2. The highest BCUT2D eigenvalue weighted by Crippen LogP contribution is 2.32. The van der Waals surface area contributed by atoms with Crippen LogP contribution in [0.1, 0.15) is 38.0 Å². The summed E-state index contributed by atoms with van der Waals surface area (Å²) in [6, 6.07) is 6.56. The fraction of sp³-hybridized carbons (Fsp3) is 0.533. The number of halogens is 2. The molecule has 1 heterocycles. The van der Waals surface area contributed by atoms with Crippen molar-refractivity contribution in [2.75, 3.05) is 13.7 Å². The first kappa shape index (κ1) is 16.0. The van der Waals surface area contributed by atoms with E-state index in [0.29, 0.717) is 12.5 Å². The van der Waals surface area contributed by atoms with Gasteiger partial charge in [-0.25, -0.2) is 4.98 Å². The van der Waals surface area contributed by atoms with Crippen LogP contribution in [0.5, 0.6) is 0 Å². The lowest BCUT2D eigenvalue weighted by molar-refractivity contribution is 0.133. The third-order valence-corrected chi connectivity index (χ3v) is 4.34. The number of alkyl halides is 1. The van der Waals surface area contributed by atoms with Gasteiger partial charge >= 0.3 is 0 Å². The molecule has 2 unspecified atom stereocenters. The number of fused-ring (bicyclic) bond motifs is 1. The van der Waals surface area contributed by atoms with Crippen molar-refractivity contribution in [2.45, 2.75) is 32.2 Å². The Labute approximate surface area is 138 Å². The summed E-state index contributed by atoms with van der Waals surface area (Å²) in [5, 5.41) is -0.127. The van der Waals surface area contributed by atoms with E-state index < -0.39 is 0 Å². The van der Waals surface area contributed by atoms with Crippen LogP contribution in [-0.4, -0.2) is 23.3 Å². The number of methoxy groups -OCH3 is 1. The second kappa shape index (κ2) is 6.62. The lowest BCUT2D eigenvalue weighted by Crippen LogP contribution is -2.22. The van der Waals surface area contributed by atoms with Crippen LogP contribution in [0, 0.1) is 9.49 Å². The number of benzene rings is 1. The summed E-state index contributed by atoms with van der Waals surface area (Å²) in [5.41, 5.74) is 2.13. The zero-order valence-corrected chi connectivity index (χ0v) is 15.1. The lowest BCUT2D eigenvalue weighted by atomic mass is 10.0. The van der Waals surface area contributed by atoms with Gasteiger partial charge in [-0.05, 0) is 53.6 Å². The molecule has 2 atom stereocenters. The molecule has 1 aromatic carbocycles. The lowest BCUT2D eigenvalue weighted by Gasteiger charge is -2.25. The number of aromatic nitrogens is 2. The van der Waals surface area contributed by atoms with Crippen LogP contribution < -0.4 is 0 Å². The molecule has 2 rings (SSSR count). The minimum atomic E-state index is -0.127. The molecule has 110 valence electrons. The SMILES string of the molecule is COCC(C(C)C)n1c(C(C)Cl)nc2cc(I)ccc21. The van der Waals surface area contributed by atoms with Crippen molar-refractivity contribution in [1.29, 1.82) is 0 Å². The number of rotatable bonds is 5. The molecule has 0 saturated heterocycles. The first-order valence-corrected chi connectivity index (χ1v) is 8.27. The summed E-state index contributed by atoms with van der Waals surface area (Å²) in [7, 11) is 1.74. The van der Waals surface area contributed by atoms with Gasteiger partial charge in [0.05, 0.1) is 29.1 Å². The summed E-state index contributed by atoms with van der Waals surface area (Å²) in [4.78, 5) is 4.73.